The zero-order valence-corrected chi connectivity index (χ0v) is 14.9. The van der Waals surface area contributed by atoms with E-state index in [1.165, 1.54) is 11.0 Å². The van der Waals surface area contributed by atoms with Gasteiger partial charge < -0.3 is 16.0 Å². The van der Waals surface area contributed by atoms with Crippen molar-refractivity contribution in [3.8, 4) is 0 Å². The number of para-hydroxylation sites is 1. The lowest BCUT2D eigenvalue weighted by molar-refractivity contribution is -0.121. The highest BCUT2D eigenvalue weighted by Crippen LogP contribution is 2.30. The number of primary amides is 1. The van der Waals surface area contributed by atoms with E-state index < -0.39 is 11.8 Å². The topological polar surface area (TPSA) is 92.5 Å². The molecule has 128 valence electrons. The Morgan fingerprint density at radius 2 is 1.92 bits per heavy atom. The van der Waals surface area contributed by atoms with Gasteiger partial charge in [0.2, 0.25) is 11.8 Å². The molecule has 6 nitrogen and oxygen atoms in total. The van der Waals surface area contributed by atoms with Gasteiger partial charge in [0.05, 0.1) is 11.3 Å². The molecule has 0 fully saturated rings. The summed E-state index contributed by atoms with van der Waals surface area (Å²) in [5.74, 6) is -1.12. The molecule has 2 aromatic rings. The Kier molecular flexibility index (Phi) is 4.85. The van der Waals surface area contributed by atoms with E-state index in [1.807, 2.05) is 18.2 Å². The first kappa shape index (κ1) is 17.2. The summed E-state index contributed by atoms with van der Waals surface area (Å²) in [6.45, 7) is -0.124. The average Bonchev–Trinajstić information content (AvgIpc) is 2.57. The maximum absolute atomic E-state index is 12.4. The number of halogens is 1. The minimum atomic E-state index is -0.625. The number of hydrogen-bond donors (Lipinski definition) is 2. The molecule has 3 N–H and O–H groups in total. The number of amides is 3. The highest BCUT2D eigenvalue weighted by atomic mass is 79.9. The van der Waals surface area contributed by atoms with Crippen LogP contribution in [0.15, 0.2) is 46.9 Å². The zero-order valence-electron chi connectivity index (χ0n) is 13.3. The van der Waals surface area contributed by atoms with Gasteiger partial charge in [-0.25, -0.2) is 0 Å². The van der Waals surface area contributed by atoms with Crippen molar-refractivity contribution in [1.29, 1.82) is 0 Å². The largest absolute Gasteiger partial charge is 0.366 e. The monoisotopic (exact) mass is 401 g/mol. The number of carbonyl (C=O) groups excluding carboxylic acids is 3. The van der Waals surface area contributed by atoms with Gasteiger partial charge in [0, 0.05) is 16.6 Å². The van der Waals surface area contributed by atoms with Crippen molar-refractivity contribution in [2.45, 2.75) is 12.8 Å². The highest BCUT2D eigenvalue weighted by Gasteiger charge is 2.26. The van der Waals surface area contributed by atoms with E-state index in [1.54, 1.807) is 18.2 Å². The molecule has 0 aliphatic carbocycles. The summed E-state index contributed by atoms with van der Waals surface area (Å²) in [5, 5.41) is 2.66. The van der Waals surface area contributed by atoms with Gasteiger partial charge in [0.15, 0.2) is 0 Å². The molecule has 1 heterocycles. The number of nitrogens with zero attached hydrogens (tertiary/aromatic N) is 1. The zero-order chi connectivity index (χ0) is 18.0. The number of nitrogens with one attached hydrogen (secondary N) is 1. The van der Waals surface area contributed by atoms with Gasteiger partial charge in [-0.1, -0.05) is 28.1 Å². The number of fused-ring (bicyclic) bond motifs is 1. The normalized spacial score (nSPS) is 13.3. The predicted molar refractivity (Wildman–Crippen MR) is 98.4 cm³/mol. The lowest BCUT2D eigenvalue weighted by atomic mass is 10.0. The number of benzene rings is 2. The minimum absolute atomic E-state index is 0.104. The number of anilines is 2. The lowest BCUT2D eigenvalue weighted by Gasteiger charge is -2.29. The molecular formula is C18H16BrN3O3. The molecule has 0 saturated heterocycles. The molecule has 0 saturated carbocycles. The van der Waals surface area contributed by atoms with Crippen LogP contribution >= 0.6 is 15.9 Å². The maximum Gasteiger partial charge on any atom is 0.250 e. The molecule has 2 aromatic carbocycles. The number of hydrogen-bond acceptors (Lipinski definition) is 3. The van der Waals surface area contributed by atoms with Crippen LogP contribution in [0.25, 0.3) is 0 Å². The summed E-state index contributed by atoms with van der Waals surface area (Å²) in [6, 6.07) is 12.1. The Balaban J connectivity index is 1.80. The van der Waals surface area contributed by atoms with Crippen LogP contribution in [0.3, 0.4) is 0 Å². The van der Waals surface area contributed by atoms with Crippen LogP contribution in [0.5, 0.6) is 0 Å². The SMILES string of the molecule is NC(=O)c1ccccc1NC(=O)CN1C(=O)CCc2cc(Br)ccc21. The average molecular weight is 402 g/mol. The first-order valence-corrected chi connectivity index (χ1v) is 8.52. The van der Waals surface area contributed by atoms with Gasteiger partial charge in [-0.05, 0) is 42.3 Å². The van der Waals surface area contributed by atoms with Crippen molar-refractivity contribution in [3.63, 3.8) is 0 Å². The Bertz CT molecular complexity index is 866. The van der Waals surface area contributed by atoms with Crippen molar-refractivity contribution in [2.75, 3.05) is 16.8 Å². The van der Waals surface area contributed by atoms with E-state index in [0.29, 0.717) is 18.5 Å². The Morgan fingerprint density at radius 3 is 2.68 bits per heavy atom. The maximum atomic E-state index is 12.4. The summed E-state index contributed by atoms with van der Waals surface area (Å²) in [5.41, 5.74) is 7.62. The Hall–Kier alpha value is -2.67. The molecule has 7 heteroatoms. The molecule has 0 unspecified atom stereocenters. The van der Waals surface area contributed by atoms with Crippen LogP contribution in [0.1, 0.15) is 22.3 Å². The third-order valence-corrected chi connectivity index (χ3v) is 4.50. The molecule has 1 aliphatic heterocycles. The fraction of sp³-hybridized carbons (Fsp3) is 0.167. The standard InChI is InChI=1S/C18H16BrN3O3/c19-12-6-7-15-11(9-12)5-8-17(24)22(15)10-16(23)21-14-4-2-1-3-13(14)18(20)25/h1-4,6-7,9H,5,8,10H2,(H2,20,25)(H,21,23). The fourth-order valence-electron chi connectivity index (χ4n) is 2.84. The third-order valence-electron chi connectivity index (χ3n) is 4.01. The number of aryl methyl sites for hydroxylation is 1. The van der Waals surface area contributed by atoms with Crippen LogP contribution in [-0.2, 0) is 16.0 Å². The predicted octanol–water partition coefficient (Wildman–Crippen LogP) is 2.47. The van der Waals surface area contributed by atoms with Crippen LogP contribution in [-0.4, -0.2) is 24.3 Å². The second-order valence-corrected chi connectivity index (χ2v) is 6.63. The molecule has 3 rings (SSSR count). The van der Waals surface area contributed by atoms with Crippen LogP contribution in [0, 0.1) is 0 Å². The molecule has 3 amide bonds. The van der Waals surface area contributed by atoms with Gasteiger partial charge in [-0.3, -0.25) is 14.4 Å². The van der Waals surface area contributed by atoms with Crippen molar-refractivity contribution in [1.82, 2.24) is 0 Å². The number of rotatable bonds is 4. The summed E-state index contributed by atoms with van der Waals surface area (Å²) in [6.07, 6.45) is 1.00. The van der Waals surface area contributed by atoms with Crippen molar-refractivity contribution in [2.24, 2.45) is 5.73 Å². The van der Waals surface area contributed by atoms with Crippen LogP contribution < -0.4 is 16.0 Å². The first-order valence-electron chi connectivity index (χ1n) is 7.73. The van der Waals surface area contributed by atoms with Crippen LogP contribution in [0.2, 0.25) is 0 Å². The summed E-state index contributed by atoms with van der Waals surface area (Å²) >= 11 is 3.42. The smallest absolute Gasteiger partial charge is 0.250 e. The second-order valence-electron chi connectivity index (χ2n) is 5.71. The van der Waals surface area contributed by atoms with Gasteiger partial charge in [-0.15, -0.1) is 0 Å². The quantitative estimate of drug-likeness (QED) is 0.823. The second kappa shape index (κ2) is 7.06. The molecule has 0 spiro atoms. The summed E-state index contributed by atoms with van der Waals surface area (Å²) in [4.78, 5) is 37.6. The molecule has 0 radical (unpaired) electrons. The summed E-state index contributed by atoms with van der Waals surface area (Å²) in [7, 11) is 0. The van der Waals surface area contributed by atoms with E-state index >= 15 is 0 Å². The van der Waals surface area contributed by atoms with Gasteiger partial charge in [0.1, 0.15) is 6.54 Å². The minimum Gasteiger partial charge on any atom is -0.366 e. The fourth-order valence-corrected chi connectivity index (χ4v) is 3.25. The van der Waals surface area contributed by atoms with E-state index in [9.17, 15) is 14.4 Å². The van der Waals surface area contributed by atoms with Crippen LogP contribution in [0.4, 0.5) is 11.4 Å². The lowest BCUT2D eigenvalue weighted by Crippen LogP contribution is -2.41. The molecule has 1 aliphatic rings. The Labute approximate surface area is 153 Å². The van der Waals surface area contributed by atoms with Crippen molar-refractivity contribution >= 4 is 45.0 Å². The van der Waals surface area contributed by atoms with Gasteiger partial charge >= 0.3 is 0 Å². The highest BCUT2D eigenvalue weighted by molar-refractivity contribution is 9.10. The molecule has 0 aromatic heterocycles. The van der Waals surface area contributed by atoms with E-state index in [0.717, 1.165) is 15.7 Å². The number of nitrogens with two attached hydrogens (primary N) is 1. The van der Waals surface area contributed by atoms with E-state index in [-0.39, 0.29) is 18.0 Å². The first-order chi connectivity index (χ1) is 12.0. The molecule has 0 atom stereocenters. The molecule has 25 heavy (non-hydrogen) atoms. The third kappa shape index (κ3) is 3.71. The number of carbonyl (C=O) groups is 3. The van der Waals surface area contributed by atoms with Gasteiger partial charge in [0.25, 0.3) is 5.91 Å². The van der Waals surface area contributed by atoms with E-state index in [2.05, 4.69) is 21.2 Å². The Morgan fingerprint density at radius 1 is 1.16 bits per heavy atom. The summed E-state index contributed by atoms with van der Waals surface area (Å²) < 4.78 is 0.931. The van der Waals surface area contributed by atoms with Crippen molar-refractivity contribution in [3.05, 3.63) is 58.1 Å². The molecular weight excluding hydrogens is 386 g/mol. The van der Waals surface area contributed by atoms with E-state index in [4.69, 9.17) is 5.73 Å². The van der Waals surface area contributed by atoms with Gasteiger partial charge in [-0.2, -0.15) is 0 Å². The van der Waals surface area contributed by atoms with Crippen molar-refractivity contribution < 1.29 is 14.4 Å². The molecule has 0 bridgehead atoms.